The number of β-lactam (4-membered cyclic amide) rings is 1. The number of fused-ring (bicyclic) bond motifs is 1. The molecule has 0 aromatic heterocycles. The van der Waals surface area contributed by atoms with Gasteiger partial charge in [0, 0.05) is 49.0 Å². The Balaban J connectivity index is 0.000000365. The van der Waals surface area contributed by atoms with Gasteiger partial charge in [-0.25, -0.2) is 4.79 Å². The first-order valence-electron chi connectivity index (χ1n) is 14.4. The lowest BCUT2D eigenvalue weighted by atomic mass is 10.0. The number of amides is 2. The molecule has 0 aliphatic carbocycles. The van der Waals surface area contributed by atoms with Crippen molar-refractivity contribution in [3.8, 4) is 0 Å². The van der Waals surface area contributed by atoms with Gasteiger partial charge in [0.05, 0.1) is 4.92 Å². The van der Waals surface area contributed by atoms with Crippen molar-refractivity contribution in [3.05, 3.63) is 118 Å². The molecule has 0 N–H and O–H groups in total. The van der Waals surface area contributed by atoms with E-state index in [1.807, 2.05) is 30.3 Å². The zero-order valence-corrected chi connectivity index (χ0v) is 26.0. The number of epoxide rings is 1. The van der Waals surface area contributed by atoms with E-state index in [0.717, 1.165) is 17.3 Å². The third-order valence-electron chi connectivity index (χ3n) is 7.30. The Morgan fingerprint density at radius 3 is 2.09 bits per heavy atom. The molecule has 14 heteroatoms. The number of hydrogen-bond donors (Lipinski definition) is 0. The number of non-ortho nitro benzene ring substituents is 1. The molecule has 0 saturated carbocycles. The average molecular weight is 660 g/mol. The molecule has 6 rings (SSSR count). The van der Waals surface area contributed by atoms with Crippen molar-refractivity contribution in [2.75, 3.05) is 11.5 Å². The predicted molar refractivity (Wildman–Crippen MR) is 168 cm³/mol. The van der Waals surface area contributed by atoms with Gasteiger partial charge in [-0.3, -0.25) is 34.2 Å². The van der Waals surface area contributed by atoms with Crippen LogP contribution >= 0.6 is 11.8 Å². The van der Waals surface area contributed by atoms with E-state index in [-0.39, 0.29) is 42.8 Å². The smallest absolute Gasteiger partial charge is 0.353 e. The van der Waals surface area contributed by atoms with Crippen LogP contribution in [0.1, 0.15) is 31.1 Å². The number of rotatable bonds is 9. The summed E-state index contributed by atoms with van der Waals surface area (Å²) in [7, 11) is 0. The van der Waals surface area contributed by atoms with E-state index in [2.05, 4.69) is 4.74 Å². The quantitative estimate of drug-likeness (QED) is 0.0811. The molecular weight excluding hydrogens is 630 g/mol. The van der Waals surface area contributed by atoms with Crippen molar-refractivity contribution in [3.63, 3.8) is 0 Å². The average Bonchev–Trinajstić information content (AvgIpc) is 3.82. The first-order chi connectivity index (χ1) is 22.5. The summed E-state index contributed by atoms with van der Waals surface area (Å²) >= 11 is 1.13. The first-order valence-corrected chi connectivity index (χ1v) is 15.3. The van der Waals surface area contributed by atoms with E-state index >= 15 is 0 Å². The predicted octanol–water partition coefficient (Wildman–Crippen LogP) is 4.07. The number of esters is 2. The topological polar surface area (TPSA) is 166 Å². The van der Waals surface area contributed by atoms with Crippen LogP contribution in [0.25, 0.3) is 0 Å². The molecule has 2 fully saturated rings. The van der Waals surface area contributed by atoms with Crippen LogP contribution in [0.4, 0.5) is 11.4 Å². The molecule has 3 aromatic carbocycles. The Bertz CT molecular complexity index is 1720. The molecule has 3 aliphatic rings. The summed E-state index contributed by atoms with van der Waals surface area (Å²) in [6, 6.07) is 23.0. The van der Waals surface area contributed by atoms with E-state index in [0.29, 0.717) is 16.8 Å². The lowest BCUT2D eigenvalue weighted by Crippen LogP contribution is -2.70. The molecule has 0 bridgehead atoms. The van der Waals surface area contributed by atoms with Crippen LogP contribution in [-0.2, 0) is 44.8 Å². The van der Waals surface area contributed by atoms with E-state index in [1.165, 1.54) is 54.1 Å². The molecule has 3 aliphatic heterocycles. The molecule has 47 heavy (non-hydrogen) atoms. The van der Waals surface area contributed by atoms with E-state index in [9.17, 15) is 34.1 Å². The van der Waals surface area contributed by atoms with Gasteiger partial charge in [-0.2, -0.15) is 0 Å². The number of carbonyl (C=O) groups is 5. The summed E-state index contributed by atoms with van der Waals surface area (Å²) in [5, 5.41) is 9.38. The van der Waals surface area contributed by atoms with Gasteiger partial charge in [0.1, 0.15) is 29.9 Å². The number of anilines is 1. The van der Waals surface area contributed by atoms with Gasteiger partial charge in [0.15, 0.2) is 0 Å². The van der Waals surface area contributed by atoms with Gasteiger partial charge in [0.2, 0.25) is 12.0 Å². The molecule has 2 amide bonds. The highest BCUT2D eigenvalue weighted by Crippen LogP contribution is 2.44. The van der Waals surface area contributed by atoms with Crippen molar-refractivity contribution in [2.45, 2.75) is 43.2 Å². The number of carbonyl (C=O) groups excluding carboxylic acids is 5. The summed E-state index contributed by atoms with van der Waals surface area (Å²) < 4.78 is 15.2. The normalized spacial score (nSPS) is 20.6. The van der Waals surface area contributed by atoms with Gasteiger partial charge in [-0.15, -0.1) is 11.8 Å². The summed E-state index contributed by atoms with van der Waals surface area (Å²) in [5.74, 6) is -1.95. The van der Waals surface area contributed by atoms with Crippen LogP contribution in [-0.4, -0.2) is 62.8 Å². The Morgan fingerprint density at radius 2 is 1.53 bits per heavy atom. The van der Waals surface area contributed by atoms with Crippen LogP contribution in [0.15, 0.2) is 96.7 Å². The maximum absolute atomic E-state index is 13.1. The Kier molecular flexibility index (Phi) is 10.00. The summed E-state index contributed by atoms with van der Waals surface area (Å²) in [4.78, 5) is 73.7. The van der Waals surface area contributed by atoms with Crippen LogP contribution in [0.2, 0.25) is 0 Å². The summed E-state index contributed by atoms with van der Waals surface area (Å²) in [6.07, 6.45) is 1.21. The zero-order valence-electron chi connectivity index (χ0n) is 25.2. The highest BCUT2D eigenvalue weighted by atomic mass is 32.2. The largest absolute Gasteiger partial charge is 0.461 e. The number of benzene rings is 3. The number of thioether (sulfide) groups is 1. The minimum atomic E-state index is -0.904. The van der Waals surface area contributed by atoms with Crippen LogP contribution in [0.3, 0.4) is 0 Å². The number of nitro groups is 1. The Morgan fingerprint density at radius 1 is 0.915 bits per heavy atom. The Hall–Kier alpha value is -5.50. The second kappa shape index (κ2) is 14.3. The molecule has 4 atom stereocenters. The van der Waals surface area contributed by atoms with Crippen LogP contribution < -0.4 is 4.90 Å². The number of nitrogens with zero attached hydrogens (tertiary/aromatic N) is 3. The maximum atomic E-state index is 13.1. The summed E-state index contributed by atoms with van der Waals surface area (Å²) in [6.45, 7) is 2.26. The number of nitro benzene ring substituents is 1. The fraction of sp³-hybridized carbons (Fsp3) is 0.242. The highest BCUT2D eigenvalue weighted by molar-refractivity contribution is 8.01. The summed E-state index contributed by atoms with van der Waals surface area (Å²) in [5.41, 5.74) is 2.34. The molecule has 0 spiro atoms. The SMILES string of the molecule is CC(=O)OCC1=CN2C(=O)C(N(C(C)=O)c3ccccc3)[C@H]2SC1C(=O)OCc1ccc([N+](=O)[O-])cc1.O=C1OC1c1ccccc1. The highest BCUT2D eigenvalue weighted by Gasteiger charge is 2.55. The van der Waals surface area contributed by atoms with Crippen molar-refractivity contribution < 1.29 is 43.1 Å². The van der Waals surface area contributed by atoms with Crippen molar-refractivity contribution in [2.24, 2.45) is 0 Å². The molecule has 3 unspecified atom stereocenters. The molecular formula is C33H29N3O10S. The number of cyclic esters (lactones) is 1. The molecule has 2 saturated heterocycles. The molecule has 0 radical (unpaired) electrons. The standard InChI is InChI=1S/C25H23N3O8S.C8H6O2/c1-15(29)27(19-6-4-3-5-7-19)21-23(31)26-12-18(14-35-16(2)30)22(37-24(21)26)25(32)36-13-17-8-10-20(11-9-17)28(33)34;9-8-7(10-8)6-4-2-1-3-5-6/h3-12,21-22,24H,13-14H2,1-2H3;1-5,7H/t21?,22?,24-;/m1./s1. The fourth-order valence-corrected chi connectivity index (χ4v) is 6.39. The van der Waals surface area contributed by atoms with E-state index < -0.39 is 33.5 Å². The fourth-order valence-electron chi connectivity index (χ4n) is 4.95. The molecule has 3 heterocycles. The zero-order chi connectivity index (χ0) is 33.7. The minimum absolute atomic E-state index is 0.0845. The maximum Gasteiger partial charge on any atom is 0.353 e. The van der Waals surface area contributed by atoms with Gasteiger partial charge < -0.3 is 19.1 Å². The lowest BCUT2D eigenvalue weighted by Gasteiger charge is -2.52. The second-order valence-corrected chi connectivity index (χ2v) is 11.8. The number of hydrogen-bond acceptors (Lipinski definition) is 11. The number of ether oxygens (including phenoxy) is 3. The van der Waals surface area contributed by atoms with Crippen LogP contribution in [0, 0.1) is 10.1 Å². The van der Waals surface area contributed by atoms with Gasteiger partial charge in [-0.05, 0) is 29.8 Å². The van der Waals surface area contributed by atoms with Gasteiger partial charge >= 0.3 is 17.9 Å². The third-order valence-corrected chi connectivity index (χ3v) is 8.83. The van der Waals surface area contributed by atoms with E-state index in [4.69, 9.17) is 9.47 Å². The second-order valence-electron chi connectivity index (χ2n) is 10.6. The van der Waals surface area contributed by atoms with Gasteiger partial charge in [0.25, 0.3) is 11.6 Å². The van der Waals surface area contributed by atoms with Crippen molar-refractivity contribution in [1.82, 2.24) is 4.90 Å². The first kappa shape index (κ1) is 32.9. The van der Waals surface area contributed by atoms with Crippen LogP contribution in [0.5, 0.6) is 0 Å². The molecule has 242 valence electrons. The van der Waals surface area contributed by atoms with Gasteiger partial charge in [-0.1, -0.05) is 48.5 Å². The minimum Gasteiger partial charge on any atom is -0.461 e. The lowest BCUT2D eigenvalue weighted by molar-refractivity contribution is -0.384. The Labute approximate surface area is 273 Å². The third kappa shape index (κ3) is 7.66. The number of para-hydroxylation sites is 1. The monoisotopic (exact) mass is 659 g/mol. The molecule has 13 nitrogen and oxygen atoms in total. The van der Waals surface area contributed by atoms with Crippen molar-refractivity contribution >= 4 is 52.9 Å². The van der Waals surface area contributed by atoms with E-state index in [1.54, 1.807) is 30.3 Å². The molecule has 3 aromatic rings. The van der Waals surface area contributed by atoms with Crippen molar-refractivity contribution in [1.29, 1.82) is 0 Å².